The third-order valence-electron chi connectivity index (χ3n) is 3.17. The summed E-state index contributed by atoms with van der Waals surface area (Å²) >= 11 is 5.55. The van der Waals surface area contributed by atoms with Gasteiger partial charge in [0.2, 0.25) is 0 Å². The second-order valence-electron chi connectivity index (χ2n) is 4.92. The Bertz CT molecular complexity index is 1020. The van der Waals surface area contributed by atoms with Crippen LogP contribution in [0.1, 0.15) is 5.56 Å². The summed E-state index contributed by atoms with van der Waals surface area (Å²) in [6.45, 7) is 0. The Hall–Kier alpha value is -2.66. The maximum Gasteiger partial charge on any atom is 0.417 e. The zero-order chi connectivity index (χ0) is 18.9. The minimum Gasteiger partial charge on any atom is -0.379 e. The first-order chi connectivity index (χ1) is 12.2. The highest BCUT2D eigenvalue weighted by atomic mass is 35.5. The topological polar surface area (TPSA) is 87.0 Å². The van der Waals surface area contributed by atoms with Crippen LogP contribution < -0.4 is 4.18 Å². The standard InChI is InChI=1S/C14H8ClF3N4O3S/c15-9-1-6-13(12(7-9)14(16,17)18)26(23,24)25-11-4-2-10(3-5-11)22-8-19-20-21-22/h1-8H. The second-order valence-corrected chi connectivity index (χ2v) is 6.88. The molecule has 3 rings (SSSR count). The summed E-state index contributed by atoms with van der Waals surface area (Å²) < 4.78 is 70.0. The Balaban J connectivity index is 1.93. The van der Waals surface area contributed by atoms with Gasteiger partial charge in [0.1, 0.15) is 17.0 Å². The molecule has 0 N–H and O–H groups in total. The monoisotopic (exact) mass is 404 g/mol. The number of hydrogen-bond acceptors (Lipinski definition) is 6. The number of nitrogens with zero attached hydrogens (tertiary/aromatic N) is 4. The molecule has 0 aliphatic rings. The Kier molecular flexibility index (Phi) is 4.59. The van der Waals surface area contributed by atoms with Crippen molar-refractivity contribution in [1.82, 2.24) is 20.2 Å². The van der Waals surface area contributed by atoms with Gasteiger partial charge in [-0.1, -0.05) is 11.6 Å². The van der Waals surface area contributed by atoms with E-state index < -0.39 is 26.8 Å². The van der Waals surface area contributed by atoms with E-state index in [0.717, 1.165) is 12.1 Å². The molecular weight excluding hydrogens is 397 g/mol. The fraction of sp³-hybridized carbons (Fsp3) is 0.0714. The second kappa shape index (κ2) is 6.57. The first-order valence-electron chi connectivity index (χ1n) is 6.81. The molecule has 26 heavy (non-hydrogen) atoms. The maximum atomic E-state index is 13.1. The molecule has 3 aromatic rings. The van der Waals surface area contributed by atoms with E-state index in [4.69, 9.17) is 15.8 Å². The van der Waals surface area contributed by atoms with Gasteiger partial charge in [0.15, 0.2) is 0 Å². The van der Waals surface area contributed by atoms with Crippen molar-refractivity contribution in [1.29, 1.82) is 0 Å². The van der Waals surface area contributed by atoms with Crippen molar-refractivity contribution < 1.29 is 25.8 Å². The van der Waals surface area contributed by atoms with Gasteiger partial charge in [-0.15, -0.1) is 5.10 Å². The summed E-state index contributed by atoms with van der Waals surface area (Å²) in [4.78, 5) is -1.03. The molecule has 0 aliphatic carbocycles. The van der Waals surface area contributed by atoms with E-state index in [1.807, 2.05) is 0 Å². The molecule has 0 saturated carbocycles. The molecule has 0 atom stereocenters. The van der Waals surface area contributed by atoms with E-state index in [2.05, 4.69) is 15.5 Å². The number of alkyl halides is 3. The Morgan fingerprint density at radius 1 is 1.08 bits per heavy atom. The van der Waals surface area contributed by atoms with Gasteiger partial charge in [-0.25, -0.2) is 4.68 Å². The first kappa shape index (κ1) is 18.1. The predicted octanol–water partition coefficient (Wildman–Crippen LogP) is 3.10. The normalized spacial score (nSPS) is 12.2. The Morgan fingerprint density at radius 2 is 1.77 bits per heavy atom. The van der Waals surface area contributed by atoms with E-state index in [9.17, 15) is 21.6 Å². The van der Waals surface area contributed by atoms with Crippen molar-refractivity contribution in [2.75, 3.05) is 0 Å². The fourth-order valence-corrected chi connectivity index (χ4v) is 3.35. The van der Waals surface area contributed by atoms with E-state index in [1.165, 1.54) is 35.3 Å². The van der Waals surface area contributed by atoms with Crippen molar-refractivity contribution >= 4 is 21.7 Å². The quantitative estimate of drug-likeness (QED) is 0.621. The molecule has 0 spiro atoms. The molecule has 7 nitrogen and oxygen atoms in total. The SMILES string of the molecule is O=S(=O)(Oc1ccc(-n2cnnn2)cc1)c1ccc(Cl)cc1C(F)(F)F. The van der Waals surface area contributed by atoms with Gasteiger partial charge >= 0.3 is 16.3 Å². The van der Waals surface area contributed by atoms with Crippen molar-refractivity contribution in [2.45, 2.75) is 11.1 Å². The fourth-order valence-electron chi connectivity index (χ4n) is 2.05. The summed E-state index contributed by atoms with van der Waals surface area (Å²) in [6, 6.07) is 7.71. The van der Waals surface area contributed by atoms with Crippen LogP contribution in [-0.2, 0) is 16.3 Å². The Labute approximate surface area is 150 Å². The summed E-state index contributed by atoms with van der Waals surface area (Å²) in [6.07, 6.45) is -3.60. The maximum absolute atomic E-state index is 13.1. The lowest BCUT2D eigenvalue weighted by Crippen LogP contribution is -2.17. The summed E-state index contributed by atoms with van der Waals surface area (Å²) in [7, 11) is -4.74. The van der Waals surface area contributed by atoms with E-state index in [1.54, 1.807) is 0 Å². The van der Waals surface area contributed by atoms with Crippen LogP contribution in [0, 0.1) is 0 Å². The van der Waals surface area contributed by atoms with Crippen LogP contribution >= 0.6 is 11.6 Å². The first-order valence-corrected chi connectivity index (χ1v) is 8.60. The van der Waals surface area contributed by atoms with Crippen molar-refractivity contribution in [2.24, 2.45) is 0 Å². The summed E-state index contributed by atoms with van der Waals surface area (Å²) in [5, 5.41) is 10.3. The highest BCUT2D eigenvalue weighted by Crippen LogP contribution is 2.36. The summed E-state index contributed by atoms with van der Waals surface area (Å²) in [5.41, 5.74) is -0.905. The average molecular weight is 405 g/mol. The lowest BCUT2D eigenvalue weighted by molar-refractivity contribution is -0.139. The molecule has 0 saturated heterocycles. The summed E-state index contributed by atoms with van der Waals surface area (Å²) in [5.74, 6) is -0.176. The van der Waals surface area contributed by atoms with Crippen LogP contribution in [0.25, 0.3) is 5.69 Å². The van der Waals surface area contributed by atoms with Crippen molar-refractivity contribution in [3.05, 3.63) is 59.4 Å². The largest absolute Gasteiger partial charge is 0.417 e. The van der Waals surface area contributed by atoms with Gasteiger partial charge in [-0.2, -0.15) is 21.6 Å². The smallest absolute Gasteiger partial charge is 0.379 e. The number of halogens is 4. The molecule has 1 heterocycles. The minimum atomic E-state index is -4.92. The predicted molar refractivity (Wildman–Crippen MR) is 83.4 cm³/mol. The lowest BCUT2D eigenvalue weighted by atomic mass is 10.2. The van der Waals surface area contributed by atoms with Crippen LogP contribution in [0.4, 0.5) is 13.2 Å². The number of aromatic nitrogens is 4. The van der Waals surface area contributed by atoms with Gasteiger partial charge in [-0.3, -0.25) is 0 Å². The highest BCUT2D eigenvalue weighted by Gasteiger charge is 2.38. The molecule has 12 heteroatoms. The van der Waals surface area contributed by atoms with Gasteiger partial charge in [0.25, 0.3) is 0 Å². The van der Waals surface area contributed by atoms with E-state index >= 15 is 0 Å². The Morgan fingerprint density at radius 3 is 2.35 bits per heavy atom. The third-order valence-corrected chi connectivity index (χ3v) is 4.71. The van der Waals surface area contributed by atoms with Crippen LogP contribution in [0.5, 0.6) is 5.75 Å². The van der Waals surface area contributed by atoms with E-state index in [-0.39, 0.29) is 10.8 Å². The van der Waals surface area contributed by atoms with Gasteiger partial charge in [0.05, 0.1) is 11.3 Å². The molecular formula is C14H8ClF3N4O3S. The zero-order valence-corrected chi connectivity index (χ0v) is 14.1. The zero-order valence-electron chi connectivity index (χ0n) is 12.6. The van der Waals surface area contributed by atoms with Crippen LogP contribution in [0.3, 0.4) is 0 Å². The third kappa shape index (κ3) is 3.78. The molecule has 136 valence electrons. The number of benzene rings is 2. The van der Waals surface area contributed by atoms with E-state index in [0.29, 0.717) is 11.8 Å². The van der Waals surface area contributed by atoms with Crippen molar-refractivity contribution in [3.63, 3.8) is 0 Å². The van der Waals surface area contributed by atoms with Crippen molar-refractivity contribution in [3.8, 4) is 11.4 Å². The molecule has 2 aromatic carbocycles. The molecule has 0 aliphatic heterocycles. The van der Waals surface area contributed by atoms with Crippen LogP contribution in [-0.4, -0.2) is 28.6 Å². The van der Waals surface area contributed by atoms with Crippen LogP contribution in [0.2, 0.25) is 5.02 Å². The van der Waals surface area contributed by atoms with Gasteiger partial charge in [0, 0.05) is 5.02 Å². The highest BCUT2D eigenvalue weighted by molar-refractivity contribution is 7.87. The van der Waals surface area contributed by atoms with Crippen LogP contribution in [0.15, 0.2) is 53.7 Å². The molecule has 0 fully saturated rings. The number of tetrazole rings is 1. The van der Waals surface area contributed by atoms with Gasteiger partial charge < -0.3 is 4.18 Å². The lowest BCUT2D eigenvalue weighted by Gasteiger charge is -2.14. The molecule has 0 unspecified atom stereocenters. The number of hydrogen-bond donors (Lipinski definition) is 0. The average Bonchev–Trinajstić information content (AvgIpc) is 3.08. The molecule has 1 aromatic heterocycles. The van der Waals surface area contributed by atoms with Gasteiger partial charge in [-0.05, 0) is 52.9 Å². The molecule has 0 amide bonds. The molecule has 0 radical (unpaired) electrons. The molecule has 0 bridgehead atoms. The minimum absolute atomic E-state index is 0.176. The number of rotatable bonds is 4.